The van der Waals surface area contributed by atoms with Gasteiger partial charge in [-0.3, -0.25) is 4.79 Å². The molecule has 0 heterocycles. The van der Waals surface area contributed by atoms with Gasteiger partial charge in [-0.2, -0.15) is 0 Å². The van der Waals surface area contributed by atoms with E-state index < -0.39 is 5.97 Å². The molecule has 1 aliphatic carbocycles. The van der Waals surface area contributed by atoms with Gasteiger partial charge in [-0.1, -0.05) is 0 Å². The monoisotopic (exact) mass is 213 g/mol. The molecule has 0 radical (unpaired) electrons. The lowest BCUT2D eigenvalue weighted by Gasteiger charge is -2.32. The average Bonchev–Trinajstić information content (AvgIpc) is 2.12. The zero-order valence-electron chi connectivity index (χ0n) is 8.78. The summed E-state index contributed by atoms with van der Waals surface area (Å²) in [7, 11) is 0. The van der Waals surface area contributed by atoms with Gasteiger partial charge in [-0.25, -0.2) is 4.79 Å². The van der Waals surface area contributed by atoms with E-state index >= 15 is 0 Å². The van der Waals surface area contributed by atoms with Gasteiger partial charge in [0.25, 0.3) is 0 Å². The Labute approximate surface area is 87.8 Å². The molecule has 0 aromatic rings. The second-order valence-electron chi connectivity index (χ2n) is 3.85. The van der Waals surface area contributed by atoms with Gasteiger partial charge in [0.1, 0.15) is 0 Å². The lowest BCUT2D eigenvalue weighted by Crippen LogP contribution is -2.47. The molecule has 5 heteroatoms. The first-order valence-corrected chi connectivity index (χ1v) is 4.81. The maximum Gasteiger partial charge on any atom is 0.331 e. The Morgan fingerprint density at radius 1 is 1.20 bits per heavy atom. The highest BCUT2D eigenvalue weighted by Gasteiger charge is 2.29. The molecule has 1 fully saturated rings. The summed E-state index contributed by atoms with van der Waals surface area (Å²) in [5, 5.41) is 20.3. The molecule has 0 unspecified atom stereocenters. The quantitative estimate of drug-likeness (QED) is 0.578. The second kappa shape index (κ2) is 4.44. The second-order valence-corrected chi connectivity index (χ2v) is 3.85. The van der Waals surface area contributed by atoms with Crippen molar-refractivity contribution in [1.82, 2.24) is 5.32 Å². The minimum absolute atomic E-state index is 0.0240. The van der Waals surface area contributed by atoms with Crippen LogP contribution in [0.4, 0.5) is 0 Å². The van der Waals surface area contributed by atoms with Crippen LogP contribution < -0.4 is 5.32 Å². The fraction of sp³-hybridized carbons (Fsp3) is 0.600. The third-order valence-electron chi connectivity index (χ3n) is 2.67. The molecule has 1 aliphatic rings. The molecule has 0 aromatic heterocycles. The highest BCUT2D eigenvalue weighted by molar-refractivity contribution is 6.01. The zero-order chi connectivity index (χ0) is 11.6. The fourth-order valence-corrected chi connectivity index (χ4v) is 1.33. The predicted octanol–water partition coefficient (Wildman–Crippen LogP) is 0.0469. The number of amides is 1. The molecule has 0 aromatic carbocycles. The van der Waals surface area contributed by atoms with Gasteiger partial charge in [0.2, 0.25) is 5.91 Å². The van der Waals surface area contributed by atoms with Crippen LogP contribution in [0.2, 0.25) is 0 Å². The Morgan fingerprint density at radius 3 is 2.13 bits per heavy atom. The van der Waals surface area contributed by atoms with Crippen molar-refractivity contribution in [2.45, 2.75) is 38.8 Å². The van der Waals surface area contributed by atoms with Crippen LogP contribution >= 0.6 is 0 Å². The van der Waals surface area contributed by atoms with Crippen LogP contribution in [0, 0.1) is 0 Å². The zero-order valence-corrected chi connectivity index (χ0v) is 8.78. The number of hydrogen-bond acceptors (Lipinski definition) is 3. The van der Waals surface area contributed by atoms with Crippen molar-refractivity contribution in [3.05, 3.63) is 11.1 Å². The number of carbonyl (C=O) groups is 2. The van der Waals surface area contributed by atoms with E-state index in [0.717, 1.165) is 0 Å². The lowest BCUT2D eigenvalue weighted by atomic mass is 9.89. The number of rotatable bonds is 3. The number of carboxylic acid groups (broad SMARTS) is 1. The van der Waals surface area contributed by atoms with E-state index in [1.807, 2.05) is 0 Å². The van der Waals surface area contributed by atoms with Crippen molar-refractivity contribution in [3.63, 3.8) is 0 Å². The fourth-order valence-electron chi connectivity index (χ4n) is 1.33. The van der Waals surface area contributed by atoms with E-state index in [0.29, 0.717) is 12.8 Å². The summed E-state index contributed by atoms with van der Waals surface area (Å²) in [6, 6.07) is -0.0240. The van der Waals surface area contributed by atoms with Gasteiger partial charge in [-0.15, -0.1) is 0 Å². The van der Waals surface area contributed by atoms with E-state index in [2.05, 4.69) is 5.32 Å². The van der Waals surface area contributed by atoms with Gasteiger partial charge in [0.05, 0.1) is 6.10 Å². The number of carboxylic acids is 1. The normalized spacial score (nSPS) is 26.3. The molecular formula is C10H15NO4. The van der Waals surface area contributed by atoms with Crippen LogP contribution in [0.15, 0.2) is 11.1 Å². The van der Waals surface area contributed by atoms with Crippen molar-refractivity contribution in [2.24, 2.45) is 0 Å². The molecule has 0 aliphatic heterocycles. The number of aliphatic carboxylic acids is 1. The van der Waals surface area contributed by atoms with E-state index in [4.69, 9.17) is 10.2 Å². The smallest absolute Gasteiger partial charge is 0.331 e. The third kappa shape index (κ3) is 2.79. The summed E-state index contributed by atoms with van der Waals surface area (Å²) in [4.78, 5) is 22.1. The van der Waals surface area contributed by atoms with Gasteiger partial charge >= 0.3 is 5.97 Å². The standard InChI is InChI=1S/C10H15NO4/c1-5(6(2)10(14)15)9(13)11-7-3-8(12)4-7/h7-8,12H,3-4H2,1-2H3,(H,11,13)(H,14,15). The molecule has 0 saturated heterocycles. The first-order chi connectivity index (χ1) is 6.91. The first-order valence-electron chi connectivity index (χ1n) is 4.81. The molecule has 3 N–H and O–H groups in total. The average molecular weight is 213 g/mol. The summed E-state index contributed by atoms with van der Waals surface area (Å²) in [6.45, 7) is 2.88. The summed E-state index contributed by atoms with van der Waals surface area (Å²) < 4.78 is 0. The Bertz CT molecular complexity index is 315. The summed E-state index contributed by atoms with van der Waals surface area (Å²) in [5.74, 6) is -1.46. The highest BCUT2D eigenvalue weighted by atomic mass is 16.4. The van der Waals surface area contributed by atoms with Crippen LogP contribution in [0.5, 0.6) is 0 Å². The van der Waals surface area contributed by atoms with Crippen LogP contribution in [-0.4, -0.2) is 34.2 Å². The van der Waals surface area contributed by atoms with Gasteiger partial charge in [0.15, 0.2) is 0 Å². The third-order valence-corrected chi connectivity index (χ3v) is 2.67. The molecule has 0 spiro atoms. The summed E-state index contributed by atoms with van der Waals surface area (Å²) in [6.07, 6.45) is 0.760. The van der Waals surface area contributed by atoms with Gasteiger partial charge in [0, 0.05) is 17.2 Å². The Balaban J connectivity index is 2.54. The molecule has 5 nitrogen and oxygen atoms in total. The van der Waals surface area contributed by atoms with Crippen LogP contribution in [0.1, 0.15) is 26.7 Å². The minimum atomic E-state index is -1.09. The van der Waals surface area contributed by atoms with E-state index in [9.17, 15) is 9.59 Å². The van der Waals surface area contributed by atoms with Crippen LogP contribution in [0.3, 0.4) is 0 Å². The van der Waals surface area contributed by atoms with Crippen molar-refractivity contribution >= 4 is 11.9 Å². The summed E-state index contributed by atoms with van der Waals surface area (Å²) in [5.41, 5.74) is 0.260. The molecule has 15 heavy (non-hydrogen) atoms. The Kier molecular flexibility index (Phi) is 3.47. The Morgan fingerprint density at radius 2 is 1.73 bits per heavy atom. The van der Waals surface area contributed by atoms with Gasteiger partial charge < -0.3 is 15.5 Å². The maximum absolute atomic E-state index is 11.5. The van der Waals surface area contributed by atoms with Crippen LogP contribution in [0.25, 0.3) is 0 Å². The molecule has 1 amide bonds. The molecule has 84 valence electrons. The number of nitrogens with one attached hydrogen (secondary N) is 1. The molecule has 1 saturated carbocycles. The molecule has 0 bridgehead atoms. The minimum Gasteiger partial charge on any atom is -0.478 e. The number of aliphatic hydroxyl groups excluding tert-OH is 1. The number of carbonyl (C=O) groups excluding carboxylic acids is 1. The molecular weight excluding hydrogens is 198 g/mol. The number of hydrogen-bond donors (Lipinski definition) is 3. The summed E-state index contributed by atoms with van der Waals surface area (Å²) >= 11 is 0. The largest absolute Gasteiger partial charge is 0.478 e. The van der Waals surface area contributed by atoms with Crippen molar-refractivity contribution in [3.8, 4) is 0 Å². The maximum atomic E-state index is 11.5. The SMILES string of the molecule is CC(C(=O)O)=C(C)C(=O)NC1CC(O)C1. The van der Waals surface area contributed by atoms with E-state index in [-0.39, 0.29) is 29.2 Å². The lowest BCUT2D eigenvalue weighted by molar-refractivity contribution is -0.133. The Hall–Kier alpha value is -1.36. The van der Waals surface area contributed by atoms with Crippen molar-refractivity contribution in [1.29, 1.82) is 0 Å². The number of aliphatic hydroxyl groups is 1. The van der Waals surface area contributed by atoms with E-state index in [1.54, 1.807) is 0 Å². The molecule has 0 atom stereocenters. The highest BCUT2D eigenvalue weighted by Crippen LogP contribution is 2.19. The predicted molar refractivity (Wildman–Crippen MR) is 53.2 cm³/mol. The van der Waals surface area contributed by atoms with E-state index in [1.165, 1.54) is 13.8 Å². The molecule has 1 rings (SSSR count). The van der Waals surface area contributed by atoms with Crippen LogP contribution in [-0.2, 0) is 9.59 Å². The van der Waals surface area contributed by atoms with Gasteiger partial charge in [-0.05, 0) is 26.7 Å². The van der Waals surface area contributed by atoms with Crippen molar-refractivity contribution in [2.75, 3.05) is 0 Å². The first kappa shape index (κ1) is 11.7. The topological polar surface area (TPSA) is 86.6 Å². The van der Waals surface area contributed by atoms with Crippen molar-refractivity contribution < 1.29 is 19.8 Å².